The molecule has 0 N–H and O–H groups in total. The zero-order chi connectivity index (χ0) is 20.5. The van der Waals surface area contributed by atoms with Crippen LogP contribution in [-0.2, 0) is 6.42 Å². The van der Waals surface area contributed by atoms with Crippen LogP contribution in [0.4, 0.5) is 4.39 Å². The number of halogens is 1. The Morgan fingerprint density at radius 3 is 2.17 bits per heavy atom. The SMILES string of the molecule is C=CCc1ccc(-c2ccc(-c3ccc(C=CCCCC(C)F)cc3)cc2)nc1. The van der Waals surface area contributed by atoms with Crippen molar-refractivity contribution in [3.8, 4) is 22.4 Å². The predicted octanol–water partition coefficient (Wildman–Crippen LogP) is 7.69. The summed E-state index contributed by atoms with van der Waals surface area (Å²) in [6.07, 6.45) is 10.6. The molecule has 0 radical (unpaired) electrons. The molecule has 0 amide bonds. The number of hydrogen-bond donors (Lipinski definition) is 0. The first-order valence-corrected chi connectivity index (χ1v) is 10.2. The lowest BCUT2D eigenvalue weighted by molar-refractivity contribution is 0.335. The van der Waals surface area contributed by atoms with Gasteiger partial charge in [0.1, 0.15) is 0 Å². The fourth-order valence-corrected chi connectivity index (χ4v) is 3.24. The number of hydrogen-bond acceptors (Lipinski definition) is 1. The summed E-state index contributed by atoms with van der Waals surface area (Å²) >= 11 is 0. The van der Waals surface area contributed by atoms with Gasteiger partial charge in [0.2, 0.25) is 0 Å². The summed E-state index contributed by atoms with van der Waals surface area (Å²) in [4.78, 5) is 4.56. The van der Waals surface area contributed by atoms with Crippen LogP contribution in [0.15, 0.2) is 85.6 Å². The third-order valence-corrected chi connectivity index (χ3v) is 4.91. The van der Waals surface area contributed by atoms with Crippen LogP contribution in [-0.4, -0.2) is 11.2 Å². The lowest BCUT2D eigenvalue weighted by atomic mass is 10.0. The van der Waals surface area contributed by atoms with E-state index in [1.807, 2.05) is 12.3 Å². The number of benzene rings is 2. The maximum atomic E-state index is 12.8. The maximum absolute atomic E-state index is 12.8. The Hall–Kier alpha value is -3.00. The van der Waals surface area contributed by atoms with Gasteiger partial charge in [-0.25, -0.2) is 4.39 Å². The molecule has 1 atom stereocenters. The lowest BCUT2D eigenvalue weighted by Crippen LogP contribution is -1.90. The van der Waals surface area contributed by atoms with Gasteiger partial charge in [-0.1, -0.05) is 72.8 Å². The highest BCUT2D eigenvalue weighted by molar-refractivity contribution is 5.70. The number of unbranched alkanes of at least 4 members (excludes halogenated alkanes) is 1. The number of pyridine rings is 1. The fourth-order valence-electron chi connectivity index (χ4n) is 3.24. The first kappa shape index (κ1) is 20.7. The molecule has 2 heteroatoms. The molecule has 0 spiro atoms. The molecule has 0 aliphatic heterocycles. The summed E-state index contributed by atoms with van der Waals surface area (Å²) in [5, 5.41) is 0. The second-order valence-corrected chi connectivity index (χ2v) is 7.36. The molecular weight excluding hydrogens is 357 g/mol. The monoisotopic (exact) mass is 385 g/mol. The van der Waals surface area contributed by atoms with Gasteiger partial charge in [-0.3, -0.25) is 4.98 Å². The van der Waals surface area contributed by atoms with Crippen LogP contribution in [0, 0.1) is 0 Å². The van der Waals surface area contributed by atoms with E-state index in [-0.39, 0.29) is 0 Å². The minimum atomic E-state index is -0.707. The molecule has 0 aliphatic carbocycles. The highest BCUT2D eigenvalue weighted by atomic mass is 19.1. The van der Waals surface area contributed by atoms with Crippen molar-refractivity contribution in [1.82, 2.24) is 4.98 Å². The number of rotatable bonds is 9. The summed E-state index contributed by atoms with van der Waals surface area (Å²) in [7, 11) is 0. The Kier molecular flexibility index (Phi) is 7.52. The highest BCUT2D eigenvalue weighted by Gasteiger charge is 2.02. The Bertz CT molecular complexity index is 920. The zero-order valence-electron chi connectivity index (χ0n) is 17.0. The third-order valence-electron chi connectivity index (χ3n) is 4.91. The average Bonchev–Trinajstić information content (AvgIpc) is 2.75. The first-order valence-electron chi connectivity index (χ1n) is 10.2. The van der Waals surface area contributed by atoms with Crippen molar-refractivity contribution in [3.63, 3.8) is 0 Å². The van der Waals surface area contributed by atoms with Crippen LogP contribution >= 0.6 is 0 Å². The van der Waals surface area contributed by atoms with Crippen LogP contribution in [0.5, 0.6) is 0 Å². The molecule has 1 unspecified atom stereocenters. The molecule has 1 heterocycles. The smallest absolute Gasteiger partial charge is 0.0973 e. The minimum Gasteiger partial charge on any atom is -0.256 e. The van der Waals surface area contributed by atoms with Crippen molar-refractivity contribution in [2.24, 2.45) is 0 Å². The normalized spacial score (nSPS) is 12.2. The molecule has 148 valence electrons. The van der Waals surface area contributed by atoms with E-state index in [2.05, 4.69) is 84.4 Å². The predicted molar refractivity (Wildman–Crippen MR) is 122 cm³/mol. The summed E-state index contributed by atoms with van der Waals surface area (Å²) < 4.78 is 12.8. The van der Waals surface area contributed by atoms with E-state index in [4.69, 9.17) is 0 Å². The number of nitrogens with zero attached hydrogens (tertiary/aromatic N) is 1. The number of alkyl halides is 1. The van der Waals surface area contributed by atoms with E-state index >= 15 is 0 Å². The van der Waals surface area contributed by atoms with Gasteiger partial charge in [0.15, 0.2) is 0 Å². The maximum Gasteiger partial charge on any atom is 0.0973 e. The van der Waals surface area contributed by atoms with Gasteiger partial charge >= 0.3 is 0 Å². The third kappa shape index (κ3) is 6.25. The average molecular weight is 386 g/mol. The molecule has 3 rings (SSSR count). The Morgan fingerprint density at radius 1 is 0.931 bits per heavy atom. The largest absolute Gasteiger partial charge is 0.256 e. The molecule has 1 nitrogen and oxygen atoms in total. The van der Waals surface area contributed by atoms with Crippen molar-refractivity contribution in [1.29, 1.82) is 0 Å². The first-order chi connectivity index (χ1) is 14.2. The van der Waals surface area contributed by atoms with Gasteiger partial charge < -0.3 is 0 Å². The molecular formula is C27H28FN. The summed E-state index contributed by atoms with van der Waals surface area (Å²) in [6.45, 7) is 5.38. The van der Waals surface area contributed by atoms with Crippen molar-refractivity contribution in [2.45, 2.75) is 38.8 Å². The van der Waals surface area contributed by atoms with Crippen molar-refractivity contribution in [3.05, 3.63) is 96.7 Å². The molecule has 1 aromatic heterocycles. The van der Waals surface area contributed by atoms with E-state index in [0.29, 0.717) is 6.42 Å². The van der Waals surface area contributed by atoms with Gasteiger partial charge in [0, 0.05) is 11.8 Å². The van der Waals surface area contributed by atoms with Crippen LogP contribution in [0.1, 0.15) is 37.3 Å². The summed E-state index contributed by atoms with van der Waals surface area (Å²) in [5.74, 6) is 0. The molecule has 2 aromatic carbocycles. The van der Waals surface area contributed by atoms with Crippen LogP contribution in [0.25, 0.3) is 28.5 Å². The van der Waals surface area contributed by atoms with Crippen LogP contribution in [0.2, 0.25) is 0 Å². The summed E-state index contributed by atoms with van der Waals surface area (Å²) in [5.41, 5.74) is 6.81. The molecule has 0 saturated heterocycles. The van der Waals surface area contributed by atoms with E-state index in [0.717, 1.165) is 30.5 Å². The minimum absolute atomic E-state index is 0.633. The van der Waals surface area contributed by atoms with E-state index in [9.17, 15) is 4.39 Å². The van der Waals surface area contributed by atoms with Crippen molar-refractivity contribution >= 4 is 6.08 Å². The highest BCUT2D eigenvalue weighted by Crippen LogP contribution is 2.24. The second kappa shape index (κ2) is 10.5. The second-order valence-electron chi connectivity index (χ2n) is 7.36. The van der Waals surface area contributed by atoms with E-state index < -0.39 is 6.17 Å². The van der Waals surface area contributed by atoms with Gasteiger partial charge in [0.05, 0.1) is 11.9 Å². The standard InChI is InChI=1S/C27H28FN/c1-3-7-23-12-19-27(29-20-23)26-17-15-25(16-18-26)24-13-10-22(11-14-24)9-6-4-5-8-21(2)28/h3,6,9-21H,1,4-5,7-8H2,2H3. The van der Waals surface area contributed by atoms with Gasteiger partial charge in [-0.05, 0) is 60.9 Å². The Morgan fingerprint density at radius 2 is 1.59 bits per heavy atom. The van der Waals surface area contributed by atoms with Crippen molar-refractivity contribution in [2.75, 3.05) is 0 Å². The van der Waals surface area contributed by atoms with Gasteiger partial charge in [0.25, 0.3) is 0 Å². The van der Waals surface area contributed by atoms with Gasteiger partial charge in [-0.15, -0.1) is 6.58 Å². The number of aromatic nitrogens is 1. The summed E-state index contributed by atoms with van der Waals surface area (Å²) in [6, 6.07) is 21.2. The number of allylic oxidation sites excluding steroid dienone is 2. The van der Waals surface area contributed by atoms with Crippen molar-refractivity contribution < 1.29 is 4.39 Å². The van der Waals surface area contributed by atoms with Gasteiger partial charge in [-0.2, -0.15) is 0 Å². The molecule has 0 saturated carbocycles. The quantitative estimate of drug-likeness (QED) is 0.272. The molecule has 0 fully saturated rings. The van der Waals surface area contributed by atoms with E-state index in [1.165, 1.54) is 22.3 Å². The van der Waals surface area contributed by atoms with E-state index in [1.54, 1.807) is 6.92 Å². The molecule has 3 aromatic rings. The molecule has 29 heavy (non-hydrogen) atoms. The van der Waals surface area contributed by atoms with Crippen LogP contribution in [0.3, 0.4) is 0 Å². The molecule has 0 aliphatic rings. The van der Waals surface area contributed by atoms with Crippen LogP contribution < -0.4 is 0 Å². The zero-order valence-corrected chi connectivity index (χ0v) is 17.0. The Labute approximate surface area is 173 Å². The molecule has 0 bridgehead atoms. The lowest BCUT2D eigenvalue weighted by Gasteiger charge is -2.06. The topological polar surface area (TPSA) is 12.9 Å². The Balaban J connectivity index is 1.62. The fraction of sp³-hybridized carbons (Fsp3) is 0.222.